The van der Waals surface area contributed by atoms with Crippen LogP contribution >= 0.6 is 51.7 Å². The lowest BCUT2D eigenvalue weighted by Crippen LogP contribution is -2.41. The number of nitrogens with zero attached hydrogens (tertiary/aromatic N) is 3. The average molecular weight is 671 g/mol. The molecule has 2 aromatic carbocycles. The number of oxazole rings is 1. The van der Waals surface area contributed by atoms with E-state index in [1.54, 1.807) is 17.8 Å². The maximum Gasteiger partial charge on any atom is 0.297 e. The molecule has 0 aliphatic carbocycles. The fourth-order valence-electron chi connectivity index (χ4n) is 4.17. The number of fused-ring (bicyclic) bond motifs is 1. The summed E-state index contributed by atoms with van der Waals surface area (Å²) in [6.07, 6.45) is 7.00. The molecule has 1 fully saturated rings. The first-order chi connectivity index (χ1) is 19.8. The second kappa shape index (κ2) is 12.6. The highest BCUT2D eigenvalue weighted by Crippen LogP contribution is 2.46. The lowest BCUT2D eigenvalue weighted by atomic mass is 10.3. The highest BCUT2D eigenvalue weighted by molar-refractivity contribution is 9.10. The van der Waals surface area contributed by atoms with Gasteiger partial charge in [-0.05, 0) is 61.6 Å². The van der Waals surface area contributed by atoms with Crippen LogP contribution in [0.3, 0.4) is 0 Å². The summed E-state index contributed by atoms with van der Waals surface area (Å²) in [5.74, 6) is -2.04. The van der Waals surface area contributed by atoms with Crippen LogP contribution in [0.2, 0.25) is 0 Å². The average Bonchev–Trinajstić information content (AvgIpc) is 3.56. The van der Waals surface area contributed by atoms with E-state index in [1.165, 1.54) is 22.4 Å². The first-order valence-electron chi connectivity index (χ1n) is 12.3. The van der Waals surface area contributed by atoms with Crippen LogP contribution in [-0.4, -0.2) is 39.5 Å². The van der Waals surface area contributed by atoms with Crippen molar-refractivity contribution in [3.05, 3.63) is 97.6 Å². The van der Waals surface area contributed by atoms with E-state index in [-0.39, 0.29) is 27.6 Å². The number of hydrogen-bond acceptors (Lipinski definition) is 9. The van der Waals surface area contributed by atoms with Crippen LogP contribution in [0.15, 0.2) is 95.3 Å². The number of rotatable bonds is 8. The summed E-state index contributed by atoms with van der Waals surface area (Å²) in [5, 5.41) is 14.8. The molecule has 3 aromatic rings. The predicted octanol–water partition coefficient (Wildman–Crippen LogP) is 2.34. The molecule has 1 saturated heterocycles. The molecule has 0 bridgehead atoms. The first-order valence-corrected chi connectivity index (χ1v) is 15.3. The summed E-state index contributed by atoms with van der Waals surface area (Å²) in [6, 6.07) is 15.6. The van der Waals surface area contributed by atoms with Crippen LogP contribution < -0.4 is 31.8 Å². The number of carbonyl (C=O) groups is 2. The number of nitrogens with one attached hydrogen (secondary N) is 1. The fourth-order valence-corrected chi connectivity index (χ4v) is 6.75. The molecule has 13 heteroatoms. The molecule has 1 aromatic heterocycles. The third-order valence-electron chi connectivity index (χ3n) is 6.05. The number of thiocarbonyl (C=S) groups is 1. The molecule has 3 heterocycles. The third-order valence-corrected chi connectivity index (χ3v) is 8.99. The Morgan fingerprint density at radius 3 is 2.63 bits per heavy atom. The quantitative estimate of drug-likeness (QED) is 0.284. The summed E-state index contributed by atoms with van der Waals surface area (Å²) in [4.78, 5) is 42.7. The summed E-state index contributed by atoms with van der Waals surface area (Å²) in [5.41, 5.74) is 0.524. The number of amides is 1. The Kier molecular flexibility index (Phi) is 8.88. The number of benzene rings is 2. The van der Waals surface area contributed by atoms with Crippen molar-refractivity contribution in [2.45, 2.75) is 22.6 Å². The van der Waals surface area contributed by atoms with Gasteiger partial charge in [0.1, 0.15) is 0 Å². The van der Waals surface area contributed by atoms with Crippen LogP contribution in [0.25, 0.3) is 11.8 Å². The topological polar surface area (TPSA) is 111 Å². The summed E-state index contributed by atoms with van der Waals surface area (Å²) in [7, 11) is 0. The van der Waals surface area contributed by atoms with Gasteiger partial charge in [0.05, 0.1) is 29.1 Å². The molecule has 1 amide bonds. The molecule has 0 saturated carbocycles. The number of carboxylic acid groups (broad SMARTS) is 1. The van der Waals surface area contributed by atoms with Gasteiger partial charge in [-0.3, -0.25) is 19.1 Å². The predicted molar refractivity (Wildman–Crippen MR) is 165 cm³/mol. The second-order valence-corrected chi connectivity index (χ2v) is 12.1. The zero-order chi connectivity index (χ0) is 29.1. The lowest BCUT2D eigenvalue weighted by molar-refractivity contribution is -0.305. The molecule has 210 valence electrons. The largest absolute Gasteiger partial charge is 0.548 e. The first kappa shape index (κ1) is 29.0. The molecule has 9 nitrogen and oxygen atoms in total. The molecule has 2 aliphatic rings. The second-order valence-electron chi connectivity index (χ2n) is 8.67. The van der Waals surface area contributed by atoms with Gasteiger partial charge in [-0.25, -0.2) is 0 Å². The number of thioether (sulfide) groups is 2. The van der Waals surface area contributed by atoms with Gasteiger partial charge in [0, 0.05) is 20.8 Å². The van der Waals surface area contributed by atoms with E-state index in [0.29, 0.717) is 0 Å². The number of carbonyl (C=O) groups excluding carboxylic acids is 2. The number of hydrogen-bond donors (Lipinski definition) is 1. The fraction of sp³-hybridized carbons (Fsp3) is 0.143. The standard InChI is InChI=1S/C28H23BrN4O5S3/c1-2-31-19-14-17(29)12-13-21(19)41-22(31)11-7-6-10-20-25(36)33(16-40-18-8-4-3-5-9-18)27(38-20)24-26(37)32(15-23(34)35)28(39)30-24/h3-14H,2,15-16H2,1H3,(H,30,39)(H,34,35)/p-1/b7-6+,20-10-,22-11+,27-24-. The number of allylic oxidation sites excluding steroid dienone is 3. The Labute approximate surface area is 257 Å². The molecular weight excluding hydrogens is 648 g/mol. The molecule has 2 aliphatic heterocycles. The molecule has 0 spiro atoms. The van der Waals surface area contributed by atoms with E-state index >= 15 is 0 Å². The van der Waals surface area contributed by atoms with Gasteiger partial charge in [0.25, 0.3) is 11.5 Å². The molecule has 1 N–H and O–H groups in total. The summed E-state index contributed by atoms with van der Waals surface area (Å²) < 4.78 is 8.21. The summed E-state index contributed by atoms with van der Waals surface area (Å²) in [6.45, 7) is 2.15. The Morgan fingerprint density at radius 1 is 1.15 bits per heavy atom. The Balaban J connectivity index is 1.50. The Bertz CT molecular complexity index is 1780. The van der Waals surface area contributed by atoms with Crippen LogP contribution in [0.1, 0.15) is 6.92 Å². The van der Waals surface area contributed by atoms with Gasteiger partial charge < -0.3 is 24.5 Å². The van der Waals surface area contributed by atoms with Crippen molar-refractivity contribution >= 4 is 86.1 Å². The minimum Gasteiger partial charge on any atom is -0.548 e. The Morgan fingerprint density at radius 2 is 1.90 bits per heavy atom. The molecule has 0 unspecified atom stereocenters. The van der Waals surface area contributed by atoms with Crippen LogP contribution in [0, 0.1) is 0 Å². The number of aliphatic carboxylic acids is 1. The van der Waals surface area contributed by atoms with Crippen LogP contribution in [0.5, 0.6) is 0 Å². The number of aromatic nitrogens is 1. The van der Waals surface area contributed by atoms with Gasteiger partial charge >= 0.3 is 0 Å². The maximum absolute atomic E-state index is 13.4. The van der Waals surface area contributed by atoms with Crippen molar-refractivity contribution in [2.24, 2.45) is 0 Å². The van der Waals surface area contributed by atoms with Crippen molar-refractivity contribution in [3.63, 3.8) is 0 Å². The van der Waals surface area contributed by atoms with Crippen molar-refractivity contribution in [2.75, 3.05) is 18.0 Å². The minimum absolute atomic E-state index is 0.00770. The van der Waals surface area contributed by atoms with Crippen molar-refractivity contribution in [3.8, 4) is 0 Å². The van der Waals surface area contributed by atoms with E-state index in [4.69, 9.17) is 16.6 Å². The van der Waals surface area contributed by atoms with Crippen LogP contribution in [0.4, 0.5) is 5.69 Å². The highest BCUT2D eigenvalue weighted by Gasteiger charge is 2.33. The number of halogens is 1. The van der Waals surface area contributed by atoms with E-state index in [9.17, 15) is 19.5 Å². The SMILES string of the molecule is CCN1\C(=C/C=C/C=c2\o/c(=C3\NC(=S)N(CC(=O)[O-])C3=O)n(CSc3ccccc3)c2=O)Sc2ccc(Br)cc21. The van der Waals surface area contributed by atoms with Gasteiger partial charge in [-0.2, -0.15) is 0 Å². The van der Waals surface area contributed by atoms with Gasteiger partial charge in [0.15, 0.2) is 16.2 Å². The van der Waals surface area contributed by atoms with E-state index in [0.717, 1.165) is 36.4 Å². The van der Waals surface area contributed by atoms with Crippen molar-refractivity contribution in [1.82, 2.24) is 14.8 Å². The monoisotopic (exact) mass is 669 g/mol. The molecule has 0 radical (unpaired) electrons. The van der Waals surface area contributed by atoms with Crippen molar-refractivity contribution < 1.29 is 19.1 Å². The lowest BCUT2D eigenvalue weighted by Gasteiger charge is -2.17. The van der Waals surface area contributed by atoms with Gasteiger partial charge in [-0.15, -0.1) is 11.8 Å². The number of carboxylic acids is 1. The van der Waals surface area contributed by atoms with E-state index < -0.39 is 24.0 Å². The van der Waals surface area contributed by atoms with Gasteiger partial charge in [-0.1, -0.05) is 58.0 Å². The van der Waals surface area contributed by atoms with Crippen molar-refractivity contribution in [1.29, 1.82) is 0 Å². The summed E-state index contributed by atoms with van der Waals surface area (Å²) >= 11 is 11.7. The Hall–Kier alpha value is -3.52. The van der Waals surface area contributed by atoms with E-state index in [1.807, 2.05) is 48.6 Å². The van der Waals surface area contributed by atoms with Gasteiger partial charge in [0.2, 0.25) is 5.55 Å². The molecular formula is C28H22BrN4O5S3-. The zero-order valence-corrected chi connectivity index (χ0v) is 25.6. The molecule has 5 rings (SSSR count). The van der Waals surface area contributed by atoms with Crippen LogP contribution in [-0.2, 0) is 15.5 Å². The van der Waals surface area contributed by atoms with E-state index in [2.05, 4.69) is 45.2 Å². The zero-order valence-electron chi connectivity index (χ0n) is 21.5. The maximum atomic E-state index is 13.4. The smallest absolute Gasteiger partial charge is 0.297 e. The third kappa shape index (κ3) is 6.22. The minimum atomic E-state index is -1.47. The normalized spacial score (nSPS) is 17.7. The highest BCUT2D eigenvalue weighted by atomic mass is 79.9. The molecule has 41 heavy (non-hydrogen) atoms. The number of anilines is 1. The molecule has 0 atom stereocenters.